The molecule has 1 saturated heterocycles. The molecule has 3 rings (SSSR count). The molecule has 1 fully saturated rings. The Hall–Kier alpha value is -0.870. The molecule has 0 radical (unpaired) electrons. The lowest BCUT2D eigenvalue weighted by Gasteiger charge is -2.38. The number of rotatable bonds is 2. The van der Waals surface area contributed by atoms with Crippen molar-refractivity contribution in [3.8, 4) is 0 Å². The minimum Gasteiger partial charge on any atom is -0.306 e. The zero-order valence-corrected chi connectivity index (χ0v) is 13.0. The van der Waals surface area contributed by atoms with Crippen molar-refractivity contribution >= 4 is 9.84 Å². The average molecular weight is 293 g/mol. The predicted octanol–water partition coefficient (Wildman–Crippen LogP) is 2.58. The second-order valence-electron chi connectivity index (χ2n) is 6.83. The summed E-state index contributed by atoms with van der Waals surface area (Å²) in [7, 11) is -2.81. The van der Waals surface area contributed by atoms with Gasteiger partial charge in [-0.25, -0.2) is 8.42 Å². The van der Waals surface area contributed by atoms with Crippen LogP contribution in [-0.4, -0.2) is 26.0 Å². The Morgan fingerprint density at radius 3 is 2.65 bits per heavy atom. The smallest absolute Gasteiger partial charge is 0.151 e. The lowest BCUT2D eigenvalue weighted by molar-refractivity contribution is 0.339. The third-order valence-electron chi connectivity index (χ3n) is 4.79. The van der Waals surface area contributed by atoms with E-state index in [1.54, 1.807) is 0 Å². The van der Waals surface area contributed by atoms with Crippen molar-refractivity contribution < 1.29 is 8.42 Å². The van der Waals surface area contributed by atoms with Crippen LogP contribution in [0.15, 0.2) is 24.3 Å². The van der Waals surface area contributed by atoms with Crippen LogP contribution in [0, 0.1) is 0 Å². The molecule has 1 heterocycles. The summed E-state index contributed by atoms with van der Waals surface area (Å²) in [5, 5.41) is 3.59. The molecule has 110 valence electrons. The summed E-state index contributed by atoms with van der Waals surface area (Å²) >= 11 is 0. The van der Waals surface area contributed by atoms with E-state index in [9.17, 15) is 8.42 Å². The minimum absolute atomic E-state index is 0.124. The molecule has 0 saturated carbocycles. The minimum atomic E-state index is -2.81. The normalized spacial score (nSPS) is 30.9. The number of benzene rings is 1. The molecule has 0 aromatic heterocycles. The quantitative estimate of drug-likeness (QED) is 0.911. The first kappa shape index (κ1) is 14.1. The number of nitrogens with one attached hydrogen (secondary N) is 1. The fourth-order valence-corrected chi connectivity index (χ4v) is 5.28. The highest BCUT2D eigenvalue weighted by Crippen LogP contribution is 2.41. The zero-order chi connectivity index (χ0) is 14.4. The number of fused-ring (bicyclic) bond motifs is 1. The third-order valence-corrected chi connectivity index (χ3v) is 6.56. The molecule has 2 unspecified atom stereocenters. The highest BCUT2D eigenvalue weighted by molar-refractivity contribution is 7.91. The van der Waals surface area contributed by atoms with E-state index >= 15 is 0 Å². The molecule has 20 heavy (non-hydrogen) atoms. The molecular weight excluding hydrogens is 270 g/mol. The predicted molar refractivity (Wildman–Crippen MR) is 81.6 cm³/mol. The second kappa shape index (κ2) is 4.85. The molecule has 2 aliphatic rings. The van der Waals surface area contributed by atoms with E-state index in [4.69, 9.17) is 0 Å². The summed E-state index contributed by atoms with van der Waals surface area (Å²) in [6.07, 6.45) is 2.98. The molecular formula is C16H23NO2S. The number of sulfone groups is 1. The van der Waals surface area contributed by atoms with Crippen molar-refractivity contribution in [3.63, 3.8) is 0 Å². The Balaban J connectivity index is 1.82. The van der Waals surface area contributed by atoms with Gasteiger partial charge in [0, 0.05) is 12.1 Å². The van der Waals surface area contributed by atoms with E-state index in [2.05, 4.69) is 43.4 Å². The average Bonchev–Trinajstić information content (AvgIpc) is 2.73. The second-order valence-corrected chi connectivity index (χ2v) is 9.06. The first-order valence-electron chi connectivity index (χ1n) is 7.43. The van der Waals surface area contributed by atoms with Crippen molar-refractivity contribution in [1.29, 1.82) is 0 Å². The largest absolute Gasteiger partial charge is 0.306 e. The van der Waals surface area contributed by atoms with Crippen LogP contribution in [0.2, 0.25) is 0 Å². The summed E-state index contributed by atoms with van der Waals surface area (Å²) in [6.45, 7) is 4.59. The van der Waals surface area contributed by atoms with Crippen molar-refractivity contribution in [2.75, 3.05) is 11.5 Å². The molecule has 1 aliphatic heterocycles. The van der Waals surface area contributed by atoms with Crippen molar-refractivity contribution in [2.24, 2.45) is 0 Å². The Morgan fingerprint density at radius 1 is 1.20 bits per heavy atom. The third kappa shape index (κ3) is 2.63. The Morgan fingerprint density at radius 2 is 1.95 bits per heavy atom. The van der Waals surface area contributed by atoms with Crippen LogP contribution in [0.25, 0.3) is 0 Å². The van der Waals surface area contributed by atoms with Crippen molar-refractivity contribution in [3.05, 3.63) is 35.4 Å². The molecule has 1 aromatic carbocycles. The Bertz CT molecular complexity index is 607. The fourth-order valence-electron chi connectivity index (χ4n) is 3.60. The summed E-state index contributed by atoms with van der Waals surface area (Å²) in [4.78, 5) is 0. The van der Waals surface area contributed by atoms with E-state index in [0.29, 0.717) is 17.5 Å². The first-order valence-corrected chi connectivity index (χ1v) is 9.25. The van der Waals surface area contributed by atoms with Gasteiger partial charge in [0.1, 0.15) is 0 Å². The Kier molecular flexibility index (Phi) is 3.41. The zero-order valence-electron chi connectivity index (χ0n) is 12.2. The van der Waals surface area contributed by atoms with E-state index < -0.39 is 9.84 Å². The summed E-state index contributed by atoms with van der Waals surface area (Å²) < 4.78 is 23.2. The van der Waals surface area contributed by atoms with Gasteiger partial charge in [-0.1, -0.05) is 38.1 Å². The molecule has 0 bridgehead atoms. The highest BCUT2D eigenvalue weighted by atomic mass is 32.2. The van der Waals surface area contributed by atoms with E-state index in [0.717, 1.165) is 19.3 Å². The highest BCUT2D eigenvalue weighted by Gasteiger charge is 2.35. The van der Waals surface area contributed by atoms with Gasteiger partial charge < -0.3 is 5.32 Å². The molecule has 2 atom stereocenters. The van der Waals surface area contributed by atoms with Gasteiger partial charge in [-0.05, 0) is 35.8 Å². The molecule has 0 amide bonds. The lowest BCUT2D eigenvalue weighted by Crippen LogP contribution is -2.38. The van der Waals surface area contributed by atoms with Crippen LogP contribution in [0.1, 0.15) is 50.3 Å². The van der Waals surface area contributed by atoms with Crippen LogP contribution in [-0.2, 0) is 15.3 Å². The summed E-state index contributed by atoms with van der Waals surface area (Å²) in [6, 6.07) is 9.02. The van der Waals surface area contributed by atoms with Gasteiger partial charge >= 0.3 is 0 Å². The molecule has 4 heteroatoms. The molecule has 1 aromatic rings. The van der Waals surface area contributed by atoms with E-state index in [1.807, 2.05) is 0 Å². The number of hydrogen-bond donors (Lipinski definition) is 1. The number of hydrogen-bond acceptors (Lipinski definition) is 3. The van der Waals surface area contributed by atoms with Crippen LogP contribution in [0.4, 0.5) is 0 Å². The fraction of sp³-hybridized carbons (Fsp3) is 0.625. The van der Waals surface area contributed by atoms with Gasteiger partial charge in [-0.2, -0.15) is 0 Å². The maximum absolute atomic E-state index is 11.6. The maximum Gasteiger partial charge on any atom is 0.151 e. The van der Waals surface area contributed by atoms with Gasteiger partial charge in [0.05, 0.1) is 11.5 Å². The Labute approximate surface area is 121 Å². The molecule has 3 nitrogen and oxygen atoms in total. The van der Waals surface area contributed by atoms with Gasteiger partial charge in [0.15, 0.2) is 9.84 Å². The molecule has 1 N–H and O–H groups in total. The lowest BCUT2D eigenvalue weighted by atomic mass is 9.71. The van der Waals surface area contributed by atoms with E-state index in [1.165, 1.54) is 11.1 Å². The molecule has 1 aliphatic carbocycles. The van der Waals surface area contributed by atoms with Crippen LogP contribution in [0.3, 0.4) is 0 Å². The van der Waals surface area contributed by atoms with Crippen LogP contribution in [0.5, 0.6) is 0 Å². The van der Waals surface area contributed by atoms with Gasteiger partial charge in [0.25, 0.3) is 0 Å². The van der Waals surface area contributed by atoms with E-state index in [-0.39, 0.29) is 11.5 Å². The summed E-state index contributed by atoms with van der Waals surface area (Å²) in [5.74, 6) is 0.638. The van der Waals surface area contributed by atoms with Crippen molar-refractivity contribution in [1.82, 2.24) is 5.32 Å². The topological polar surface area (TPSA) is 46.2 Å². The monoisotopic (exact) mass is 293 g/mol. The van der Waals surface area contributed by atoms with Gasteiger partial charge in [-0.3, -0.25) is 0 Å². The first-order chi connectivity index (χ1) is 9.37. The van der Waals surface area contributed by atoms with Gasteiger partial charge in [-0.15, -0.1) is 0 Å². The van der Waals surface area contributed by atoms with Crippen LogP contribution < -0.4 is 5.32 Å². The van der Waals surface area contributed by atoms with Gasteiger partial charge in [0.2, 0.25) is 0 Å². The maximum atomic E-state index is 11.6. The van der Waals surface area contributed by atoms with Crippen molar-refractivity contribution in [2.45, 2.75) is 50.6 Å². The SMILES string of the molecule is CC1(C)CCC(NC2CCS(=O)(=O)C2)c2ccccc21. The van der Waals surface area contributed by atoms with Crippen LogP contribution >= 0.6 is 0 Å². The summed E-state index contributed by atoms with van der Waals surface area (Å²) in [5.41, 5.74) is 2.98. The molecule has 0 spiro atoms. The standard InChI is InChI=1S/C16H23NO2S/c1-16(2)9-7-15(13-5-3-4-6-14(13)16)17-12-8-10-20(18,19)11-12/h3-6,12,15,17H,7-11H2,1-2H3.